The molecule has 0 radical (unpaired) electrons. The van der Waals surface area contributed by atoms with Gasteiger partial charge in [0, 0.05) is 30.6 Å². The Bertz CT molecular complexity index is 1650. The SMILES string of the molecule is CC(C)c1nc(CN(C)C(=O)N[C@H](C(=O)N[C@@H](Cc2ccccc2)C[C@H](O)[C@@H](NC(=O)OCc2cncs2)C(N)c2ccccc2)C(C)C)cs1. The summed E-state index contributed by atoms with van der Waals surface area (Å²) in [7, 11) is 1.67. The van der Waals surface area contributed by atoms with Crippen molar-refractivity contribution in [3.63, 3.8) is 0 Å². The van der Waals surface area contributed by atoms with E-state index in [1.54, 1.807) is 30.1 Å². The van der Waals surface area contributed by atoms with Crippen molar-refractivity contribution in [3.8, 4) is 0 Å². The number of hydrogen-bond donors (Lipinski definition) is 5. The maximum Gasteiger partial charge on any atom is 0.407 e. The number of carbonyl (C=O) groups excluding carboxylic acids is 3. The van der Waals surface area contributed by atoms with E-state index < -0.39 is 48.3 Å². The molecule has 2 aromatic heterocycles. The fourth-order valence-corrected chi connectivity index (χ4v) is 6.84. The van der Waals surface area contributed by atoms with Crippen LogP contribution in [0.2, 0.25) is 0 Å². The summed E-state index contributed by atoms with van der Waals surface area (Å²) in [5, 5.41) is 23.5. The second-order valence-corrected chi connectivity index (χ2v) is 15.1. The number of carbonyl (C=O) groups is 3. The molecule has 2 aromatic carbocycles. The van der Waals surface area contributed by atoms with Gasteiger partial charge < -0.3 is 36.4 Å². The molecule has 14 heteroatoms. The maximum atomic E-state index is 13.9. The van der Waals surface area contributed by atoms with E-state index in [-0.39, 0.29) is 18.9 Å². The van der Waals surface area contributed by atoms with Gasteiger partial charge in [0.1, 0.15) is 12.6 Å². The lowest BCUT2D eigenvalue weighted by atomic mass is 9.90. The molecule has 0 aliphatic rings. The van der Waals surface area contributed by atoms with E-state index in [9.17, 15) is 19.5 Å². The fourth-order valence-electron chi connectivity index (χ4n) is 5.51. The number of thiazole rings is 2. The quantitative estimate of drug-likeness (QED) is 0.0965. The van der Waals surface area contributed by atoms with Crippen LogP contribution in [0.15, 0.2) is 77.8 Å². The van der Waals surface area contributed by atoms with Gasteiger partial charge in [0.25, 0.3) is 0 Å². The minimum atomic E-state index is -1.20. The summed E-state index contributed by atoms with van der Waals surface area (Å²) < 4.78 is 5.42. The average molecular weight is 736 g/mol. The molecule has 4 rings (SSSR count). The number of benzene rings is 2. The first kappa shape index (κ1) is 39.4. The largest absolute Gasteiger partial charge is 0.444 e. The Morgan fingerprint density at radius 2 is 1.65 bits per heavy atom. The Morgan fingerprint density at radius 1 is 0.961 bits per heavy atom. The number of hydrogen-bond acceptors (Lipinski definition) is 10. The lowest BCUT2D eigenvalue weighted by Gasteiger charge is -2.33. The minimum Gasteiger partial charge on any atom is -0.444 e. The molecule has 0 aliphatic carbocycles. The van der Waals surface area contributed by atoms with E-state index in [2.05, 4.69) is 39.8 Å². The normalized spacial score (nSPS) is 14.3. The van der Waals surface area contributed by atoms with Crippen LogP contribution < -0.4 is 21.7 Å². The molecule has 51 heavy (non-hydrogen) atoms. The molecule has 0 saturated heterocycles. The molecule has 6 N–H and O–H groups in total. The van der Waals surface area contributed by atoms with Gasteiger partial charge in [-0.3, -0.25) is 9.78 Å². The van der Waals surface area contributed by atoms with Gasteiger partial charge in [0.15, 0.2) is 0 Å². The predicted octanol–water partition coefficient (Wildman–Crippen LogP) is 5.36. The standard InChI is InChI=1S/C37H49N7O5S2/c1-23(2)32(42-36(47)44(5)19-28-21-50-35(41-28)24(3)4)34(46)40-27(16-25-12-8-6-9-13-25)17-30(45)33(31(38)26-14-10-7-11-15-26)43-37(48)49-20-29-18-39-22-51-29/h6-15,18,21-24,27,30-33,45H,16-17,19-20,38H2,1-5H3,(H,40,46)(H,42,47)(H,43,48)/t27-,30-,31?,32-,33+/m0/s1. The highest BCUT2D eigenvalue weighted by Gasteiger charge is 2.33. The highest BCUT2D eigenvalue weighted by Crippen LogP contribution is 2.22. The Morgan fingerprint density at radius 3 is 2.25 bits per heavy atom. The van der Waals surface area contributed by atoms with Crippen LogP contribution in [0.25, 0.3) is 0 Å². The van der Waals surface area contributed by atoms with Gasteiger partial charge >= 0.3 is 12.1 Å². The number of nitrogens with one attached hydrogen (secondary N) is 3. The zero-order valence-electron chi connectivity index (χ0n) is 29.7. The van der Waals surface area contributed by atoms with Crippen molar-refractivity contribution in [3.05, 3.63) is 104 Å². The molecule has 2 heterocycles. The fraction of sp³-hybridized carbons (Fsp3) is 0.432. The van der Waals surface area contributed by atoms with Gasteiger partial charge in [0.05, 0.1) is 45.8 Å². The molecule has 0 bridgehead atoms. The van der Waals surface area contributed by atoms with Crippen molar-refractivity contribution in [2.75, 3.05) is 7.05 Å². The third-order valence-corrected chi connectivity index (χ3v) is 10.3. The zero-order valence-corrected chi connectivity index (χ0v) is 31.3. The molecular formula is C37H49N7O5S2. The molecule has 0 spiro atoms. The first-order valence-electron chi connectivity index (χ1n) is 17.0. The number of rotatable bonds is 17. The highest BCUT2D eigenvalue weighted by atomic mass is 32.1. The summed E-state index contributed by atoms with van der Waals surface area (Å²) in [6.07, 6.45) is 0.101. The van der Waals surface area contributed by atoms with Gasteiger partial charge in [-0.2, -0.15) is 0 Å². The zero-order chi connectivity index (χ0) is 36.9. The summed E-state index contributed by atoms with van der Waals surface area (Å²) in [6, 6.07) is 15.1. The van der Waals surface area contributed by atoms with Crippen LogP contribution in [0, 0.1) is 5.92 Å². The number of aliphatic hydroxyl groups excluding tert-OH is 1. The van der Waals surface area contributed by atoms with Crippen LogP contribution in [0.5, 0.6) is 0 Å². The van der Waals surface area contributed by atoms with Crippen LogP contribution in [-0.4, -0.2) is 69.3 Å². The number of nitrogens with two attached hydrogens (primary N) is 1. The Hall–Kier alpha value is -4.37. The number of ether oxygens (including phenoxy) is 1. The number of aliphatic hydroxyl groups is 1. The minimum absolute atomic E-state index is 0.0207. The van der Waals surface area contributed by atoms with Gasteiger partial charge in [-0.1, -0.05) is 88.4 Å². The predicted molar refractivity (Wildman–Crippen MR) is 200 cm³/mol. The molecule has 0 saturated carbocycles. The monoisotopic (exact) mass is 735 g/mol. The summed E-state index contributed by atoms with van der Waals surface area (Å²) >= 11 is 2.92. The summed E-state index contributed by atoms with van der Waals surface area (Å²) in [4.78, 5) is 51.1. The van der Waals surface area contributed by atoms with Crippen molar-refractivity contribution in [2.45, 2.75) is 89.9 Å². The second-order valence-electron chi connectivity index (χ2n) is 13.2. The summed E-state index contributed by atoms with van der Waals surface area (Å²) in [6.45, 7) is 8.18. The number of nitrogens with zero attached hydrogens (tertiary/aromatic N) is 3. The van der Waals surface area contributed by atoms with Crippen molar-refractivity contribution in [1.82, 2.24) is 30.8 Å². The molecule has 0 fully saturated rings. The number of aromatic nitrogens is 2. The molecule has 5 atom stereocenters. The van der Waals surface area contributed by atoms with Gasteiger partial charge in [-0.25, -0.2) is 14.6 Å². The van der Waals surface area contributed by atoms with Crippen molar-refractivity contribution in [1.29, 1.82) is 0 Å². The molecule has 4 aromatic rings. The highest BCUT2D eigenvalue weighted by molar-refractivity contribution is 7.09. The Balaban J connectivity index is 1.49. The van der Waals surface area contributed by atoms with Crippen LogP contribution in [0.1, 0.15) is 72.8 Å². The number of urea groups is 1. The molecule has 12 nitrogen and oxygen atoms in total. The maximum absolute atomic E-state index is 13.9. The van der Waals surface area contributed by atoms with Crippen molar-refractivity contribution < 1.29 is 24.2 Å². The van der Waals surface area contributed by atoms with Gasteiger partial charge in [-0.15, -0.1) is 22.7 Å². The molecular weight excluding hydrogens is 687 g/mol. The van der Waals surface area contributed by atoms with E-state index in [1.807, 2.05) is 79.9 Å². The van der Waals surface area contributed by atoms with E-state index in [0.717, 1.165) is 21.1 Å². The van der Waals surface area contributed by atoms with Gasteiger partial charge in [-0.05, 0) is 29.9 Å². The van der Waals surface area contributed by atoms with Crippen LogP contribution >= 0.6 is 22.7 Å². The van der Waals surface area contributed by atoms with E-state index >= 15 is 0 Å². The third-order valence-electron chi connectivity index (χ3n) is 8.33. The summed E-state index contributed by atoms with van der Waals surface area (Å²) in [5.41, 5.74) is 10.7. The van der Waals surface area contributed by atoms with Gasteiger partial charge in [0.2, 0.25) is 5.91 Å². The second kappa shape index (κ2) is 19.3. The average Bonchev–Trinajstić information content (AvgIpc) is 3.81. The van der Waals surface area contributed by atoms with Crippen molar-refractivity contribution >= 4 is 40.7 Å². The summed E-state index contributed by atoms with van der Waals surface area (Å²) in [5.74, 6) is -0.343. The topological polar surface area (TPSA) is 172 Å². The molecule has 274 valence electrons. The number of alkyl carbamates (subject to hydrolysis) is 1. The molecule has 4 amide bonds. The Kier molecular flexibility index (Phi) is 14.9. The smallest absolute Gasteiger partial charge is 0.407 e. The first-order valence-corrected chi connectivity index (χ1v) is 18.8. The van der Waals surface area contributed by atoms with E-state index in [4.69, 9.17) is 10.5 Å². The lowest BCUT2D eigenvalue weighted by Crippen LogP contribution is -2.56. The van der Waals surface area contributed by atoms with E-state index in [1.165, 1.54) is 16.2 Å². The lowest BCUT2D eigenvalue weighted by molar-refractivity contribution is -0.124. The Labute approximate surface area is 307 Å². The first-order chi connectivity index (χ1) is 24.4. The number of amides is 4. The third kappa shape index (κ3) is 12.1. The van der Waals surface area contributed by atoms with Crippen LogP contribution in [0.4, 0.5) is 9.59 Å². The van der Waals surface area contributed by atoms with Crippen molar-refractivity contribution in [2.24, 2.45) is 11.7 Å². The molecule has 0 aliphatic heterocycles. The van der Waals surface area contributed by atoms with Crippen LogP contribution in [-0.2, 0) is 29.1 Å². The molecule has 1 unspecified atom stereocenters. The van der Waals surface area contributed by atoms with E-state index in [0.29, 0.717) is 24.4 Å². The van der Waals surface area contributed by atoms with Crippen LogP contribution in [0.3, 0.4) is 0 Å².